The van der Waals surface area contributed by atoms with Crippen molar-refractivity contribution in [2.24, 2.45) is 0 Å². The van der Waals surface area contributed by atoms with Gasteiger partial charge in [-0.15, -0.1) is 0 Å². The highest BCUT2D eigenvalue weighted by atomic mass is 19.1. The van der Waals surface area contributed by atoms with Crippen LogP contribution in [0.25, 0.3) is 0 Å². The fourth-order valence-electron chi connectivity index (χ4n) is 1.86. The van der Waals surface area contributed by atoms with Crippen molar-refractivity contribution in [1.82, 2.24) is 10.2 Å². The van der Waals surface area contributed by atoms with Crippen LogP contribution in [0.2, 0.25) is 0 Å². The summed E-state index contributed by atoms with van der Waals surface area (Å²) < 4.78 is 19.7. The van der Waals surface area contributed by atoms with Gasteiger partial charge >= 0.3 is 0 Å². The van der Waals surface area contributed by atoms with Gasteiger partial charge in [0.25, 0.3) is 0 Å². The van der Waals surface area contributed by atoms with Crippen molar-refractivity contribution in [3.05, 3.63) is 29.6 Å². The summed E-state index contributed by atoms with van der Waals surface area (Å²) in [5.41, 5.74) is 0.620. The summed E-state index contributed by atoms with van der Waals surface area (Å²) in [6.45, 7) is 6.30. The second kappa shape index (κ2) is 8.12. The molecule has 1 N–H and O–H groups in total. The second-order valence-corrected chi connectivity index (χ2v) is 4.98. The lowest BCUT2D eigenvalue weighted by molar-refractivity contribution is 0.256. The minimum atomic E-state index is -0.210. The molecule has 3 nitrogen and oxygen atoms in total. The Balaban J connectivity index is 2.76. The molecule has 108 valence electrons. The average Bonchev–Trinajstić information content (AvgIpc) is 2.35. The van der Waals surface area contributed by atoms with Crippen molar-refractivity contribution >= 4 is 0 Å². The predicted octanol–water partition coefficient (Wildman–Crippen LogP) is 2.83. The third-order valence-electron chi connectivity index (χ3n) is 2.94. The summed E-state index contributed by atoms with van der Waals surface area (Å²) in [7, 11) is 3.97. The van der Waals surface area contributed by atoms with Crippen LogP contribution in [0, 0.1) is 5.82 Å². The fraction of sp³-hybridized carbons (Fsp3) is 0.600. The molecule has 0 heterocycles. The number of hydrogen-bond donors (Lipinski definition) is 1. The predicted molar refractivity (Wildman–Crippen MR) is 77.2 cm³/mol. The molecule has 0 radical (unpaired) electrons. The van der Waals surface area contributed by atoms with Crippen molar-refractivity contribution in [2.75, 3.05) is 33.8 Å². The van der Waals surface area contributed by atoms with E-state index in [0.29, 0.717) is 17.9 Å². The topological polar surface area (TPSA) is 24.5 Å². The molecule has 0 bridgehead atoms. The first-order chi connectivity index (χ1) is 9.06. The highest BCUT2D eigenvalue weighted by Gasteiger charge is 2.16. The SMILES string of the molecule is CCCNC(C)c1c(F)cccc1OCCN(C)C. The number of hydrogen-bond acceptors (Lipinski definition) is 3. The molecule has 1 aromatic carbocycles. The molecule has 0 spiro atoms. The van der Waals surface area contributed by atoms with E-state index in [0.717, 1.165) is 19.5 Å². The van der Waals surface area contributed by atoms with Gasteiger partial charge in [0.1, 0.15) is 18.2 Å². The normalized spacial score (nSPS) is 12.7. The lowest BCUT2D eigenvalue weighted by Crippen LogP contribution is -2.23. The van der Waals surface area contributed by atoms with E-state index in [1.165, 1.54) is 6.07 Å². The molecule has 0 fully saturated rings. The Bertz CT molecular complexity index is 382. The van der Waals surface area contributed by atoms with Gasteiger partial charge in [0, 0.05) is 18.2 Å². The highest BCUT2D eigenvalue weighted by Crippen LogP contribution is 2.27. The van der Waals surface area contributed by atoms with Gasteiger partial charge in [-0.05, 0) is 46.1 Å². The Kier molecular flexibility index (Phi) is 6.81. The molecule has 0 amide bonds. The van der Waals surface area contributed by atoms with Crippen molar-refractivity contribution in [3.63, 3.8) is 0 Å². The van der Waals surface area contributed by atoms with Crippen LogP contribution in [0.4, 0.5) is 4.39 Å². The molecule has 0 aromatic heterocycles. The van der Waals surface area contributed by atoms with Crippen LogP contribution < -0.4 is 10.1 Å². The molecule has 1 unspecified atom stereocenters. The van der Waals surface area contributed by atoms with Gasteiger partial charge in [-0.3, -0.25) is 0 Å². The standard InChI is InChI=1S/C15H25FN2O/c1-5-9-17-12(2)15-13(16)7-6-8-14(15)19-11-10-18(3)4/h6-8,12,17H,5,9-11H2,1-4H3. The largest absolute Gasteiger partial charge is 0.492 e. The van der Waals surface area contributed by atoms with Crippen molar-refractivity contribution < 1.29 is 9.13 Å². The maximum Gasteiger partial charge on any atom is 0.131 e. The van der Waals surface area contributed by atoms with E-state index >= 15 is 0 Å². The Morgan fingerprint density at radius 2 is 2.11 bits per heavy atom. The number of ether oxygens (including phenoxy) is 1. The van der Waals surface area contributed by atoms with E-state index in [1.54, 1.807) is 6.07 Å². The Morgan fingerprint density at radius 3 is 2.74 bits per heavy atom. The summed E-state index contributed by atoms with van der Waals surface area (Å²) in [5.74, 6) is 0.427. The van der Waals surface area contributed by atoms with Gasteiger partial charge in [-0.25, -0.2) is 4.39 Å². The summed E-state index contributed by atoms with van der Waals surface area (Å²) in [6.07, 6.45) is 1.02. The first-order valence-corrected chi connectivity index (χ1v) is 6.85. The first kappa shape index (κ1) is 15.9. The maximum atomic E-state index is 14.0. The molecular formula is C15H25FN2O. The molecular weight excluding hydrogens is 243 g/mol. The van der Waals surface area contributed by atoms with Crippen molar-refractivity contribution in [1.29, 1.82) is 0 Å². The highest BCUT2D eigenvalue weighted by molar-refractivity contribution is 5.37. The first-order valence-electron chi connectivity index (χ1n) is 6.85. The summed E-state index contributed by atoms with van der Waals surface area (Å²) >= 11 is 0. The minimum absolute atomic E-state index is 0.0458. The van der Waals surface area contributed by atoms with Crippen molar-refractivity contribution in [2.45, 2.75) is 26.3 Å². The molecule has 1 aromatic rings. The number of rotatable bonds is 8. The lowest BCUT2D eigenvalue weighted by atomic mass is 10.1. The molecule has 19 heavy (non-hydrogen) atoms. The molecule has 1 atom stereocenters. The third-order valence-corrected chi connectivity index (χ3v) is 2.94. The molecule has 0 aliphatic rings. The molecule has 0 aliphatic heterocycles. The van der Waals surface area contributed by atoms with Gasteiger partial charge in [-0.1, -0.05) is 13.0 Å². The van der Waals surface area contributed by atoms with Crippen LogP contribution >= 0.6 is 0 Å². The van der Waals surface area contributed by atoms with Crippen LogP contribution in [0.5, 0.6) is 5.75 Å². The van der Waals surface area contributed by atoms with Gasteiger partial charge < -0.3 is 15.0 Å². The van der Waals surface area contributed by atoms with Crippen molar-refractivity contribution in [3.8, 4) is 5.75 Å². The molecule has 0 saturated carbocycles. The Labute approximate surface area is 115 Å². The Morgan fingerprint density at radius 1 is 1.37 bits per heavy atom. The maximum absolute atomic E-state index is 14.0. The van der Waals surface area contributed by atoms with Crippen LogP contribution in [0.1, 0.15) is 31.9 Å². The number of nitrogens with zero attached hydrogens (tertiary/aromatic N) is 1. The molecule has 0 aliphatic carbocycles. The van der Waals surface area contributed by atoms with Gasteiger partial charge in [-0.2, -0.15) is 0 Å². The smallest absolute Gasteiger partial charge is 0.131 e. The molecule has 4 heteroatoms. The van der Waals surface area contributed by atoms with E-state index in [2.05, 4.69) is 12.2 Å². The monoisotopic (exact) mass is 268 g/mol. The van der Waals surface area contributed by atoms with Gasteiger partial charge in [0.15, 0.2) is 0 Å². The lowest BCUT2D eigenvalue weighted by Gasteiger charge is -2.19. The van der Waals surface area contributed by atoms with E-state index in [1.807, 2.05) is 32.0 Å². The number of likely N-dealkylation sites (N-methyl/N-ethyl adjacent to an activating group) is 1. The molecule has 0 saturated heterocycles. The fourth-order valence-corrected chi connectivity index (χ4v) is 1.86. The zero-order chi connectivity index (χ0) is 14.3. The zero-order valence-electron chi connectivity index (χ0n) is 12.4. The van der Waals surface area contributed by atoms with Crippen LogP contribution in [-0.2, 0) is 0 Å². The van der Waals surface area contributed by atoms with E-state index in [4.69, 9.17) is 4.74 Å². The average molecular weight is 268 g/mol. The van der Waals surface area contributed by atoms with Crippen LogP contribution in [0.3, 0.4) is 0 Å². The summed E-state index contributed by atoms with van der Waals surface area (Å²) in [5, 5.41) is 3.30. The van der Waals surface area contributed by atoms with Gasteiger partial charge in [0.05, 0.1) is 0 Å². The summed E-state index contributed by atoms with van der Waals surface area (Å²) in [4.78, 5) is 2.04. The van der Waals surface area contributed by atoms with Gasteiger partial charge in [0.2, 0.25) is 0 Å². The van der Waals surface area contributed by atoms with E-state index in [9.17, 15) is 4.39 Å². The summed E-state index contributed by atoms with van der Waals surface area (Å²) in [6, 6.07) is 4.96. The quantitative estimate of drug-likeness (QED) is 0.784. The molecule has 1 rings (SSSR count). The van der Waals surface area contributed by atoms with E-state index in [-0.39, 0.29) is 11.9 Å². The Hall–Kier alpha value is -1.13. The zero-order valence-corrected chi connectivity index (χ0v) is 12.4. The van der Waals surface area contributed by atoms with Crippen LogP contribution in [0.15, 0.2) is 18.2 Å². The van der Waals surface area contributed by atoms with E-state index < -0.39 is 0 Å². The number of nitrogens with one attached hydrogen (secondary N) is 1. The second-order valence-electron chi connectivity index (χ2n) is 4.98. The number of benzene rings is 1. The third kappa shape index (κ3) is 5.17. The number of halogens is 1. The minimum Gasteiger partial charge on any atom is -0.492 e. The van der Waals surface area contributed by atoms with Crippen LogP contribution in [-0.4, -0.2) is 38.7 Å².